The van der Waals surface area contributed by atoms with E-state index in [2.05, 4.69) is 20.8 Å². The van der Waals surface area contributed by atoms with Crippen molar-refractivity contribution < 1.29 is 31.1 Å². The SMILES string of the molecule is O=C(Nc1cccc(C(F)(F)F)c1)Nc1ccc2c(Cc3ccccc3C(F)(F)F)n[nH]c(=O)c2c1. The second kappa shape index (κ2) is 9.36. The Morgan fingerprint density at radius 2 is 1.50 bits per heavy atom. The van der Waals surface area contributed by atoms with Crippen LogP contribution in [-0.4, -0.2) is 16.2 Å². The fourth-order valence-electron chi connectivity index (χ4n) is 3.63. The number of carbonyl (C=O) groups excluding carboxylic acids is 1. The summed E-state index contributed by atoms with van der Waals surface area (Å²) in [6.07, 6.45) is -9.37. The van der Waals surface area contributed by atoms with Crippen molar-refractivity contribution in [3.8, 4) is 0 Å². The Kier molecular flexibility index (Phi) is 6.44. The molecule has 3 N–H and O–H groups in total. The first-order chi connectivity index (χ1) is 16.9. The van der Waals surface area contributed by atoms with E-state index in [9.17, 15) is 35.9 Å². The van der Waals surface area contributed by atoms with Gasteiger partial charge in [-0.3, -0.25) is 4.79 Å². The predicted octanol–water partition coefficient (Wildman–Crippen LogP) is 6.20. The lowest BCUT2D eigenvalue weighted by molar-refractivity contribution is -0.138. The second-order valence-corrected chi connectivity index (χ2v) is 7.75. The van der Waals surface area contributed by atoms with Crippen molar-refractivity contribution in [2.45, 2.75) is 18.8 Å². The van der Waals surface area contributed by atoms with Gasteiger partial charge >= 0.3 is 18.4 Å². The number of hydrogen-bond donors (Lipinski definition) is 3. The summed E-state index contributed by atoms with van der Waals surface area (Å²) in [6, 6.07) is 12.3. The van der Waals surface area contributed by atoms with Gasteiger partial charge in [0.15, 0.2) is 0 Å². The molecule has 0 atom stereocenters. The summed E-state index contributed by atoms with van der Waals surface area (Å²) in [5.74, 6) is 0. The number of fused-ring (bicyclic) bond motifs is 1. The minimum Gasteiger partial charge on any atom is -0.308 e. The molecular formula is C24H16F6N4O2. The fourth-order valence-corrected chi connectivity index (χ4v) is 3.63. The first-order valence-electron chi connectivity index (χ1n) is 10.3. The smallest absolute Gasteiger partial charge is 0.308 e. The van der Waals surface area contributed by atoms with E-state index in [0.29, 0.717) is 0 Å². The van der Waals surface area contributed by atoms with Crippen LogP contribution in [0.1, 0.15) is 22.4 Å². The first-order valence-corrected chi connectivity index (χ1v) is 10.3. The Hall–Kier alpha value is -4.35. The van der Waals surface area contributed by atoms with Gasteiger partial charge in [-0.1, -0.05) is 30.3 Å². The molecule has 36 heavy (non-hydrogen) atoms. The zero-order valence-electron chi connectivity index (χ0n) is 18.1. The van der Waals surface area contributed by atoms with Gasteiger partial charge < -0.3 is 10.6 Å². The summed E-state index contributed by atoms with van der Waals surface area (Å²) in [6.45, 7) is 0. The summed E-state index contributed by atoms with van der Waals surface area (Å²) >= 11 is 0. The number of amides is 2. The summed E-state index contributed by atoms with van der Waals surface area (Å²) in [5.41, 5.74) is -2.23. The Balaban J connectivity index is 1.58. The Bertz CT molecular complexity index is 1490. The van der Waals surface area contributed by atoms with E-state index < -0.39 is 35.1 Å². The van der Waals surface area contributed by atoms with Gasteiger partial charge in [-0.25, -0.2) is 9.89 Å². The van der Waals surface area contributed by atoms with Crippen molar-refractivity contribution in [2.24, 2.45) is 0 Å². The molecule has 0 aliphatic rings. The molecule has 0 spiro atoms. The fraction of sp³-hybridized carbons (Fsp3) is 0.125. The van der Waals surface area contributed by atoms with Gasteiger partial charge in [-0.2, -0.15) is 31.4 Å². The third kappa shape index (κ3) is 5.48. The van der Waals surface area contributed by atoms with Crippen molar-refractivity contribution in [1.82, 2.24) is 10.2 Å². The van der Waals surface area contributed by atoms with E-state index >= 15 is 0 Å². The maximum atomic E-state index is 13.4. The van der Waals surface area contributed by atoms with Crippen molar-refractivity contribution in [3.05, 3.63) is 99.5 Å². The van der Waals surface area contributed by atoms with E-state index in [1.165, 1.54) is 42.5 Å². The number of aromatic nitrogens is 2. The van der Waals surface area contributed by atoms with Crippen LogP contribution in [0.2, 0.25) is 0 Å². The monoisotopic (exact) mass is 506 g/mol. The highest BCUT2D eigenvalue weighted by Crippen LogP contribution is 2.33. The van der Waals surface area contributed by atoms with E-state index in [1.54, 1.807) is 0 Å². The van der Waals surface area contributed by atoms with Crippen LogP contribution in [0.5, 0.6) is 0 Å². The first kappa shape index (κ1) is 24.8. The molecule has 0 unspecified atom stereocenters. The number of urea groups is 1. The molecule has 0 aliphatic heterocycles. The molecule has 0 bridgehead atoms. The van der Waals surface area contributed by atoms with E-state index in [-0.39, 0.29) is 39.8 Å². The van der Waals surface area contributed by atoms with Gasteiger partial charge in [0.2, 0.25) is 0 Å². The number of carbonyl (C=O) groups is 1. The number of hydrogen-bond acceptors (Lipinski definition) is 3. The minimum absolute atomic E-state index is 0.0338. The molecule has 3 aromatic carbocycles. The molecule has 6 nitrogen and oxygen atoms in total. The molecule has 2 amide bonds. The Morgan fingerprint density at radius 3 is 2.19 bits per heavy atom. The predicted molar refractivity (Wildman–Crippen MR) is 121 cm³/mol. The maximum absolute atomic E-state index is 13.4. The van der Waals surface area contributed by atoms with Crippen LogP contribution in [-0.2, 0) is 18.8 Å². The number of benzene rings is 3. The number of halogens is 6. The number of aromatic amines is 1. The molecule has 4 rings (SSSR count). The van der Waals surface area contributed by atoms with Crippen LogP contribution in [0.3, 0.4) is 0 Å². The molecule has 0 radical (unpaired) electrons. The zero-order valence-corrected chi connectivity index (χ0v) is 18.1. The van der Waals surface area contributed by atoms with Crippen molar-refractivity contribution in [2.75, 3.05) is 10.6 Å². The lowest BCUT2D eigenvalue weighted by Crippen LogP contribution is -2.20. The summed E-state index contributed by atoms with van der Waals surface area (Å²) in [5, 5.41) is 11.2. The van der Waals surface area contributed by atoms with Gasteiger partial charge in [0.25, 0.3) is 5.56 Å². The number of rotatable bonds is 4. The lowest BCUT2D eigenvalue weighted by Gasteiger charge is -2.13. The van der Waals surface area contributed by atoms with Gasteiger partial charge in [0.05, 0.1) is 22.2 Å². The average Bonchev–Trinajstić information content (AvgIpc) is 2.80. The molecule has 12 heteroatoms. The van der Waals surface area contributed by atoms with Crippen molar-refractivity contribution in [1.29, 1.82) is 0 Å². The van der Waals surface area contributed by atoms with Gasteiger partial charge in [-0.05, 0) is 42.0 Å². The topological polar surface area (TPSA) is 86.9 Å². The molecule has 0 saturated heterocycles. The third-order valence-corrected chi connectivity index (χ3v) is 5.25. The van der Waals surface area contributed by atoms with E-state index in [0.717, 1.165) is 24.3 Å². The van der Waals surface area contributed by atoms with Crippen LogP contribution >= 0.6 is 0 Å². The lowest BCUT2D eigenvalue weighted by atomic mass is 9.99. The highest BCUT2D eigenvalue weighted by Gasteiger charge is 2.33. The second-order valence-electron chi connectivity index (χ2n) is 7.75. The number of alkyl halides is 6. The zero-order chi connectivity index (χ0) is 26.1. The Morgan fingerprint density at radius 1 is 0.806 bits per heavy atom. The quantitative estimate of drug-likeness (QED) is 0.288. The Labute approximate surface area is 199 Å². The molecule has 4 aromatic rings. The normalized spacial score (nSPS) is 11.9. The maximum Gasteiger partial charge on any atom is 0.416 e. The highest BCUT2D eigenvalue weighted by atomic mass is 19.4. The van der Waals surface area contributed by atoms with Crippen molar-refractivity contribution >= 4 is 28.2 Å². The van der Waals surface area contributed by atoms with Crippen molar-refractivity contribution in [3.63, 3.8) is 0 Å². The third-order valence-electron chi connectivity index (χ3n) is 5.25. The van der Waals surface area contributed by atoms with Crippen LogP contribution in [0.15, 0.2) is 71.5 Å². The number of H-pyrrole nitrogens is 1. The van der Waals surface area contributed by atoms with E-state index in [4.69, 9.17) is 0 Å². The summed E-state index contributed by atoms with van der Waals surface area (Å²) < 4.78 is 78.7. The minimum atomic E-state index is -4.58. The largest absolute Gasteiger partial charge is 0.416 e. The molecular weight excluding hydrogens is 490 g/mol. The van der Waals surface area contributed by atoms with Crippen LogP contribution < -0.4 is 16.2 Å². The molecule has 0 fully saturated rings. The molecule has 0 saturated carbocycles. The number of nitrogens with zero attached hydrogens (tertiary/aromatic N) is 1. The summed E-state index contributed by atoms with van der Waals surface area (Å²) in [4.78, 5) is 24.6. The standard InChI is InChI=1S/C24H16F6N4O2/c25-23(26,27)14-5-3-6-15(11-14)31-22(36)32-16-8-9-17-18(12-16)21(35)34-33-20(17)10-13-4-1-2-7-19(13)24(28,29)30/h1-9,11-12H,10H2,(H,34,35)(H2,31,32,36). The highest BCUT2D eigenvalue weighted by molar-refractivity contribution is 6.01. The number of anilines is 2. The van der Waals surface area contributed by atoms with Crippen LogP contribution in [0.25, 0.3) is 10.8 Å². The van der Waals surface area contributed by atoms with Crippen LogP contribution in [0, 0.1) is 0 Å². The van der Waals surface area contributed by atoms with Gasteiger partial charge in [0, 0.05) is 23.2 Å². The average molecular weight is 506 g/mol. The molecule has 1 aromatic heterocycles. The van der Waals surface area contributed by atoms with Gasteiger partial charge in [0.1, 0.15) is 0 Å². The molecule has 186 valence electrons. The molecule has 1 heterocycles. The van der Waals surface area contributed by atoms with Gasteiger partial charge in [-0.15, -0.1) is 0 Å². The molecule has 0 aliphatic carbocycles. The van der Waals surface area contributed by atoms with E-state index in [1.807, 2.05) is 0 Å². The van der Waals surface area contributed by atoms with Crippen LogP contribution in [0.4, 0.5) is 42.5 Å². The summed E-state index contributed by atoms with van der Waals surface area (Å²) in [7, 11) is 0. The number of nitrogens with one attached hydrogen (secondary N) is 3.